The van der Waals surface area contributed by atoms with Gasteiger partial charge in [0, 0.05) is 5.75 Å². The smallest absolute Gasteiger partial charge is 0.442 e. The summed E-state index contributed by atoms with van der Waals surface area (Å²) in [6, 6.07) is 9.44. The number of unbranched alkanes of at least 4 members (excludes halogenated alkanes) is 1. The van der Waals surface area contributed by atoms with E-state index < -0.39 is 5.51 Å². The number of ether oxygens (including phenoxy) is 1. The van der Waals surface area contributed by atoms with Crippen LogP contribution < -0.4 is 4.74 Å². The highest BCUT2D eigenvalue weighted by Crippen LogP contribution is 2.29. The Bertz CT molecular complexity index is 349. The summed E-state index contributed by atoms with van der Waals surface area (Å²) in [4.78, 5) is 0. The molecule has 100 valence electrons. The summed E-state index contributed by atoms with van der Waals surface area (Å²) in [5, 5.41) is 0. The lowest BCUT2D eigenvalue weighted by atomic mass is 10.3. The van der Waals surface area contributed by atoms with Gasteiger partial charge in [-0.05, 0) is 36.7 Å². The third kappa shape index (κ3) is 8.06. The second kappa shape index (κ2) is 8.08. The quantitative estimate of drug-likeness (QED) is 0.529. The van der Waals surface area contributed by atoms with Gasteiger partial charge in [-0.3, -0.25) is 0 Å². The molecule has 0 N–H and O–H groups in total. The van der Waals surface area contributed by atoms with Crippen molar-refractivity contribution in [3.05, 3.63) is 42.5 Å². The molecule has 0 aliphatic carbocycles. The summed E-state index contributed by atoms with van der Waals surface area (Å²) < 4.78 is 40.8. The van der Waals surface area contributed by atoms with E-state index in [1.54, 1.807) is 12.2 Å². The normalized spacial score (nSPS) is 11.9. The van der Waals surface area contributed by atoms with Gasteiger partial charge in [-0.1, -0.05) is 30.4 Å². The van der Waals surface area contributed by atoms with Crippen molar-refractivity contribution in [3.8, 4) is 5.75 Å². The Kier molecular flexibility index (Phi) is 6.72. The Labute approximate surface area is 109 Å². The number of hydrogen-bond donors (Lipinski definition) is 0. The number of hydrogen-bond acceptors (Lipinski definition) is 2. The lowest BCUT2D eigenvalue weighted by molar-refractivity contribution is -0.0326. The van der Waals surface area contributed by atoms with Crippen LogP contribution in [-0.2, 0) is 0 Å². The van der Waals surface area contributed by atoms with Crippen molar-refractivity contribution in [2.24, 2.45) is 0 Å². The highest BCUT2D eigenvalue weighted by Gasteiger charge is 2.26. The van der Waals surface area contributed by atoms with Crippen molar-refractivity contribution >= 4 is 11.8 Å². The lowest BCUT2D eigenvalue weighted by Crippen LogP contribution is -1.99. The van der Waals surface area contributed by atoms with Gasteiger partial charge >= 0.3 is 5.51 Å². The van der Waals surface area contributed by atoms with E-state index in [4.69, 9.17) is 4.74 Å². The molecule has 1 rings (SSSR count). The van der Waals surface area contributed by atoms with Gasteiger partial charge < -0.3 is 4.74 Å². The molecule has 0 aliphatic heterocycles. The number of allylic oxidation sites excluding steroid dienone is 1. The molecule has 0 radical (unpaired) electrons. The maximum absolute atomic E-state index is 11.8. The maximum Gasteiger partial charge on any atom is 0.442 e. The average Bonchev–Trinajstić information content (AvgIpc) is 2.32. The fraction of sp³-hybridized carbons (Fsp3) is 0.385. The molecule has 0 saturated carbocycles. The molecule has 0 fully saturated rings. The molecule has 0 spiro atoms. The predicted molar refractivity (Wildman–Crippen MR) is 68.8 cm³/mol. The molecule has 0 amide bonds. The zero-order valence-electron chi connectivity index (χ0n) is 9.82. The zero-order chi connectivity index (χ0) is 13.3. The van der Waals surface area contributed by atoms with E-state index in [0.29, 0.717) is 6.61 Å². The van der Waals surface area contributed by atoms with Gasteiger partial charge in [-0.25, -0.2) is 0 Å². The molecule has 18 heavy (non-hydrogen) atoms. The molecule has 1 aromatic carbocycles. The first-order valence-corrected chi connectivity index (χ1v) is 6.60. The van der Waals surface area contributed by atoms with Crippen molar-refractivity contribution in [3.63, 3.8) is 0 Å². The van der Waals surface area contributed by atoms with Crippen LogP contribution in [0.15, 0.2) is 42.5 Å². The highest BCUT2D eigenvalue weighted by atomic mass is 32.2. The van der Waals surface area contributed by atoms with Crippen LogP contribution in [0.25, 0.3) is 0 Å². The fourth-order valence-electron chi connectivity index (χ4n) is 1.24. The first kappa shape index (κ1) is 15.0. The van der Waals surface area contributed by atoms with Crippen molar-refractivity contribution in [2.45, 2.75) is 18.3 Å². The standard InChI is InChI=1S/C13H15F3OS/c14-13(15,16)18-11-7-2-1-6-10-17-12-8-4-3-5-9-12/h2-5,7-9H,1,6,10-11H2/b7-2+. The Morgan fingerprint density at radius 3 is 2.50 bits per heavy atom. The summed E-state index contributed by atoms with van der Waals surface area (Å²) in [6.45, 7) is 0.570. The molecule has 5 heteroatoms. The second-order valence-electron chi connectivity index (χ2n) is 3.53. The predicted octanol–water partition coefficient (Wildman–Crippen LogP) is 4.65. The number of halogens is 3. The Morgan fingerprint density at radius 1 is 1.11 bits per heavy atom. The van der Waals surface area contributed by atoms with Crippen molar-refractivity contribution in [1.82, 2.24) is 0 Å². The van der Waals surface area contributed by atoms with Crippen LogP contribution in [0.1, 0.15) is 12.8 Å². The molecule has 0 atom stereocenters. The third-order valence-electron chi connectivity index (χ3n) is 2.04. The Morgan fingerprint density at radius 2 is 1.83 bits per heavy atom. The first-order chi connectivity index (χ1) is 8.58. The van der Waals surface area contributed by atoms with Crippen LogP contribution >= 0.6 is 11.8 Å². The van der Waals surface area contributed by atoms with E-state index >= 15 is 0 Å². The van der Waals surface area contributed by atoms with Gasteiger partial charge in [0.2, 0.25) is 0 Å². The fourth-order valence-corrected chi connectivity index (χ4v) is 1.66. The van der Waals surface area contributed by atoms with Gasteiger partial charge in [0.15, 0.2) is 0 Å². The monoisotopic (exact) mass is 276 g/mol. The topological polar surface area (TPSA) is 9.23 Å². The molecule has 0 unspecified atom stereocenters. The van der Waals surface area contributed by atoms with Gasteiger partial charge in [0.05, 0.1) is 6.61 Å². The highest BCUT2D eigenvalue weighted by molar-refractivity contribution is 8.00. The molecule has 0 heterocycles. The van der Waals surface area contributed by atoms with E-state index in [9.17, 15) is 13.2 Å². The second-order valence-corrected chi connectivity index (χ2v) is 4.62. The molecule has 0 aromatic heterocycles. The van der Waals surface area contributed by atoms with Crippen molar-refractivity contribution in [2.75, 3.05) is 12.4 Å². The van der Waals surface area contributed by atoms with E-state index in [1.807, 2.05) is 30.3 Å². The van der Waals surface area contributed by atoms with Crippen LogP contribution in [0.4, 0.5) is 13.2 Å². The summed E-state index contributed by atoms with van der Waals surface area (Å²) in [5.74, 6) is 0.789. The summed E-state index contributed by atoms with van der Waals surface area (Å²) in [7, 11) is 0. The number of thioether (sulfide) groups is 1. The van der Waals surface area contributed by atoms with Crippen molar-refractivity contribution < 1.29 is 17.9 Å². The molecule has 0 bridgehead atoms. The minimum absolute atomic E-state index is 0.0238. The SMILES string of the molecule is FC(F)(F)SC/C=C/CCCOc1ccccc1. The molecule has 0 aliphatic rings. The summed E-state index contributed by atoms with van der Waals surface area (Å²) >= 11 is -0.0238. The lowest BCUT2D eigenvalue weighted by Gasteiger charge is -2.04. The van der Waals surface area contributed by atoms with Gasteiger partial charge in [0.1, 0.15) is 5.75 Å². The number of alkyl halides is 3. The van der Waals surface area contributed by atoms with E-state index in [-0.39, 0.29) is 17.5 Å². The molecule has 0 saturated heterocycles. The Hall–Kier alpha value is -1.10. The van der Waals surface area contributed by atoms with Gasteiger partial charge in [-0.15, -0.1) is 0 Å². The zero-order valence-corrected chi connectivity index (χ0v) is 10.6. The van der Waals surface area contributed by atoms with E-state index in [0.717, 1.165) is 18.6 Å². The van der Waals surface area contributed by atoms with Gasteiger partial charge in [0.25, 0.3) is 0 Å². The molecule has 1 aromatic rings. The number of rotatable bonds is 7. The average molecular weight is 276 g/mol. The molecule has 1 nitrogen and oxygen atoms in total. The minimum Gasteiger partial charge on any atom is -0.494 e. The van der Waals surface area contributed by atoms with Crippen molar-refractivity contribution in [1.29, 1.82) is 0 Å². The summed E-state index contributed by atoms with van der Waals surface area (Å²) in [5.41, 5.74) is -4.14. The van der Waals surface area contributed by atoms with E-state index in [1.165, 1.54) is 0 Å². The number of para-hydroxylation sites is 1. The van der Waals surface area contributed by atoms with Crippen LogP contribution in [0.2, 0.25) is 0 Å². The minimum atomic E-state index is -4.14. The van der Waals surface area contributed by atoms with Crippen LogP contribution in [-0.4, -0.2) is 17.9 Å². The van der Waals surface area contributed by atoms with Crippen LogP contribution in [0.5, 0.6) is 5.75 Å². The largest absolute Gasteiger partial charge is 0.494 e. The summed E-state index contributed by atoms with van der Waals surface area (Å²) in [6.07, 6.45) is 4.82. The van der Waals surface area contributed by atoms with Crippen LogP contribution in [0, 0.1) is 0 Å². The van der Waals surface area contributed by atoms with E-state index in [2.05, 4.69) is 0 Å². The first-order valence-electron chi connectivity index (χ1n) is 5.61. The number of benzene rings is 1. The molecular formula is C13H15F3OS. The Balaban J connectivity index is 2.00. The van der Waals surface area contributed by atoms with Crippen LogP contribution in [0.3, 0.4) is 0 Å². The maximum atomic E-state index is 11.8. The molecular weight excluding hydrogens is 261 g/mol. The van der Waals surface area contributed by atoms with Gasteiger partial charge in [-0.2, -0.15) is 13.2 Å². The third-order valence-corrected chi connectivity index (χ3v) is 2.72.